The fraction of sp³-hybridized carbons (Fsp3) is 0.200. The van der Waals surface area contributed by atoms with Crippen molar-refractivity contribution < 1.29 is 62.3 Å². The van der Waals surface area contributed by atoms with Crippen LogP contribution in [0.4, 0.5) is 58.4 Å². The van der Waals surface area contributed by atoms with Crippen molar-refractivity contribution in [3.8, 4) is 0 Å². The molecule has 3 rings (SSSR count). The fourth-order valence-corrected chi connectivity index (χ4v) is 4.25. The van der Waals surface area contributed by atoms with Crippen molar-refractivity contribution in [2.24, 2.45) is 0 Å². The van der Waals surface area contributed by atoms with Crippen LogP contribution in [0.5, 0.6) is 0 Å². The molecule has 0 aliphatic rings. The van der Waals surface area contributed by atoms with Crippen LogP contribution in [0.25, 0.3) is 0 Å². The Morgan fingerprint density at radius 3 is 1.85 bits per heavy atom. The first-order chi connectivity index (χ1) is 18.7. The van der Waals surface area contributed by atoms with E-state index in [1.54, 1.807) is 0 Å². The van der Waals surface area contributed by atoms with Gasteiger partial charge in [0.25, 0.3) is 5.91 Å². The Balaban J connectivity index is 2.04. The van der Waals surface area contributed by atoms with Gasteiger partial charge in [-0.05, 0) is 54.1 Å². The number of rotatable bonds is 6. The number of hydrogen-bond acceptors (Lipinski definition) is 2. The highest BCUT2D eigenvalue weighted by Gasteiger charge is 2.73. The quantitative estimate of drug-likeness (QED) is 0.212. The SMILES string of the molecule is O=C(Nc1cccc(C(=O)Cc2c(Br)cc(C(F)(C(F)(F)F)C(F)(F)F)cc2C(F)(F)F)c1F)c1ccc(F)cc1. The van der Waals surface area contributed by atoms with Crippen molar-refractivity contribution >= 4 is 33.3 Å². The van der Waals surface area contributed by atoms with E-state index < -0.39 is 92.4 Å². The van der Waals surface area contributed by atoms with Crippen LogP contribution in [0.3, 0.4) is 0 Å². The third-order valence-electron chi connectivity index (χ3n) is 5.67. The van der Waals surface area contributed by atoms with E-state index in [2.05, 4.69) is 21.2 Å². The van der Waals surface area contributed by atoms with Gasteiger partial charge >= 0.3 is 24.2 Å². The second-order valence-electron chi connectivity index (χ2n) is 8.36. The van der Waals surface area contributed by atoms with Crippen LogP contribution < -0.4 is 5.32 Å². The summed E-state index contributed by atoms with van der Waals surface area (Å²) in [5.41, 5.74) is -13.8. The average molecular weight is 666 g/mol. The van der Waals surface area contributed by atoms with Gasteiger partial charge in [0, 0.05) is 22.0 Å². The molecular formula is C25H12BrF12NO2. The van der Waals surface area contributed by atoms with E-state index in [9.17, 15) is 57.9 Å². The first kappa shape index (κ1) is 32.0. The smallest absolute Gasteiger partial charge is 0.319 e. The van der Waals surface area contributed by atoms with Crippen molar-refractivity contribution in [1.29, 1.82) is 0 Å². The molecule has 0 aliphatic carbocycles. The molecule has 0 saturated carbocycles. The number of anilines is 1. The number of alkyl halides is 10. The second kappa shape index (κ2) is 11.0. The Hall–Kier alpha value is -3.56. The number of ketones is 1. The van der Waals surface area contributed by atoms with Crippen LogP contribution >= 0.6 is 15.9 Å². The lowest BCUT2D eigenvalue weighted by atomic mass is 9.89. The molecule has 0 bridgehead atoms. The van der Waals surface area contributed by atoms with Crippen molar-refractivity contribution in [1.82, 2.24) is 0 Å². The molecule has 0 aromatic heterocycles. The maximum atomic E-state index is 15.1. The van der Waals surface area contributed by atoms with Gasteiger partial charge in [-0.25, -0.2) is 13.2 Å². The molecule has 3 aromatic rings. The van der Waals surface area contributed by atoms with Gasteiger partial charge in [0.15, 0.2) is 11.6 Å². The Morgan fingerprint density at radius 2 is 1.34 bits per heavy atom. The first-order valence-electron chi connectivity index (χ1n) is 10.8. The number of benzene rings is 3. The fourth-order valence-electron chi connectivity index (χ4n) is 3.65. The number of carbonyl (C=O) groups is 2. The lowest BCUT2D eigenvalue weighted by Crippen LogP contribution is -2.50. The van der Waals surface area contributed by atoms with Crippen LogP contribution in [0.1, 0.15) is 37.4 Å². The molecule has 41 heavy (non-hydrogen) atoms. The van der Waals surface area contributed by atoms with Crippen molar-refractivity contribution in [3.05, 3.63) is 98.5 Å². The van der Waals surface area contributed by atoms with Gasteiger partial charge in [-0.3, -0.25) is 9.59 Å². The van der Waals surface area contributed by atoms with E-state index in [-0.39, 0.29) is 11.6 Å². The van der Waals surface area contributed by atoms with E-state index >= 15 is 4.39 Å². The van der Waals surface area contributed by atoms with Gasteiger partial charge in [-0.15, -0.1) is 0 Å². The molecule has 0 heterocycles. The van der Waals surface area contributed by atoms with Crippen LogP contribution in [-0.4, -0.2) is 24.0 Å². The molecule has 3 nitrogen and oxygen atoms in total. The Morgan fingerprint density at radius 1 is 0.780 bits per heavy atom. The zero-order valence-electron chi connectivity index (χ0n) is 19.6. The minimum absolute atomic E-state index is 0.136. The summed E-state index contributed by atoms with van der Waals surface area (Å²) in [7, 11) is 0. The lowest BCUT2D eigenvalue weighted by Gasteiger charge is -2.31. The molecule has 1 amide bonds. The third kappa shape index (κ3) is 6.36. The monoisotopic (exact) mass is 665 g/mol. The van der Waals surface area contributed by atoms with Crippen molar-refractivity contribution in [3.63, 3.8) is 0 Å². The summed E-state index contributed by atoms with van der Waals surface area (Å²) in [6.45, 7) is 0. The molecule has 0 aliphatic heterocycles. The molecule has 220 valence electrons. The Labute approximate surface area is 230 Å². The van der Waals surface area contributed by atoms with E-state index in [1.807, 2.05) is 0 Å². The topological polar surface area (TPSA) is 46.2 Å². The zero-order valence-corrected chi connectivity index (χ0v) is 21.2. The summed E-state index contributed by atoms with van der Waals surface area (Å²) in [5.74, 6) is -4.52. The maximum absolute atomic E-state index is 15.1. The van der Waals surface area contributed by atoms with E-state index in [4.69, 9.17) is 0 Å². The minimum Gasteiger partial charge on any atom is -0.319 e. The summed E-state index contributed by atoms with van der Waals surface area (Å²) in [6, 6.07) is 5.78. The zero-order chi connectivity index (χ0) is 31.1. The molecular weight excluding hydrogens is 654 g/mol. The molecule has 0 saturated heterocycles. The molecule has 0 radical (unpaired) electrons. The first-order valence-corrected chi connectivity index (χ1v) is 11.6. The van der Waals surface area contributed by atoms with Crippen molar-refractivity contribution in [2.45, 2.75) is 30.6 Å². The number of halogens is 13. The van der Waals surface area contributed by atoms with Gasteiger partial charge in [0.2, 0.25) is 0 Å². The highest BCUT2D eigenvalue weighted by atomic mass is 79.9. The molecule has 3 aromatic carbocycles. The molecule has 0 spiro atoms. The van der Waals surface area contributed by atoms with Crippen LogP contribution in [0.2, 0.25) is 0 Å². The Kier molecular flexibility index (Phi) is 8.59. The predicted molar refractivity (Wildman–Crippen MR) is 123 cm³/mol. The summed E-state index contributed by atoms with van der Waals surface area (Å²) >= 11 is 2.38. The number of nitrogens with one attached hydrogen (secondary N) is 1. The summed E-state index contributed by atoms with van der Waals surface area (Å²) < 4.78 is 162. The minimum atomic E-state index is -6.72. The second-order valence-corrected chi connectivity index (χ2v) is 9.22. The van der Waals surface area contributed by atoms with Crippen LogP contribution in [0, 0.1) is 11.6 Å². The highest BCUT2D eigenvalue weighted by molar-refractivity contribution is 9.10. The van der Waals surface area contributed by atoms with Crippen LogP contribution in [0.15, 0.2) is 59.1 Å². The molecule has 0 unspecified atom stereocenters. The van der Waals surface area contributed by atoms with Gasteiger partial charge in [-0.1, -0.05) is 22.0 Å². The lowest BCUT2D eigenvalue weighted by molar-refractivity contribution is -0.348. The summed E-state index contributed by atoms with van der Waals surface area (Å²) in [5, 5.41) is 2.07. The van der Waals surface area contributed by atoms with Crippen LogP contribution in [-0.2, 0) is 18.3 Å². The maximum Gasteiger partial charge on any atom is 0.435 e. The van der Waals surface area contributed by atoms with Gasteiger partial charge < -0.3 is 5.32 Å². The summed E-state index contributed by atoms with van der Waals surface area (Å²) in [6.07, 6.45) is -20.5. The standard InChI is InChI=1S/C25H12BrF12NO2/c26-17-9-12(22(29,24(33,34)35)25(36,37)38)8-16(23(30,31)32)15(17)10-19(40)14-2-1-3-18(20(14)28)39-21(41)11-4-6-13(27)7-5-11/h1-9H,10H2,(H,39,41). The number of carbonyl (C=O) groups excluding carboxylic acids is 2. The highest BCUT2D eigenvalue weighted by Crippen LogP contribution is 2.54. The molecule has 16 heteroatoms. The largest absolute Gasteiger partial charge is 0.435 e. The third-order valence-corrected chi connectivity index (χ3v) is 6.38. The molecule has 0 fully saturated rings. The van der Waals surface area contributed by atoms with E-state index in [0.29, 0.717) is 0 Å². The van der Waals surface area contributed by atoms with E-state index in [1.165, 1.54) is 0 Å². The predicted octanol–water partition coefficient (Wildman–Crippen LogP) is 8.71. The normalized spacial score (nSPS) is 12.8. The van der Waals surface area contributed by atoms with Gasteiger partial charge in [-0.2, -0.15) is 39.5 Å². The number of Topliss-reactive ketones (excluding diaryl/α,β-unsaturated/α-hetero) is 1. The molecule has 0 atom stereocenters. The Bertz CT molecular complexity index is 1460. The number of hydrogen-bond donors (Lipinski definition) is 1. The summed E-state index contributed by atoms with van der Waals surface area (Å²) in [4.78, 5) is 25.1. The van der Waals surface area contributed by atoms with Gasteiger partial charge in [0.05, 0.1) is 16.8 Å². The molecule has 1 N–H and O–H groups in total. The van der Waals surface area contributed by atoms with Gasteiger partial charge in [0.1, 0.15) is 5.82 Å². The van der Waals surface area contributed by atoms with E-state index in [0.717, 1.165) is 42.5 Å². The average Bonchev–Trinajstić information content (AvgIpc) is 2.84. The van der Waals surface area contributed by atoms with Crippen molar-refractivity contribution in [2.75, 3.05) is 5.32 Å². The number of amides is 1.